The average Bonchev–Trinajstić information content (AvgIpc) is 3.56. The van der Waals surface area contributed by atoms with Crippen molar-refractivity contribution in [3.63, 3.8) is 0 Å². The summed E-state index contributed by atoms with van der Waals surface area (Å²) in [6.07, 6.45) is 5.55. The Morgan fingerprint density at radius 3 is 2.44 bits per heavy atom. The summed E-state index contributed by atoms with van der Waals surface area (Å²) in [4.78, 5) is 19.7. The average molecular weight is 490 g/mol. The van der Waals surface area contributed by atoms with E-state index in [9.17, 15) is 4.79 Å². The van der Waals surface area contributed by atoms with Crippen molar-refractivity contribution in [2.75, 3.05) is 13.1 Å². The van der Waals surface area contributed by atoms with Crippen LogP contribution in [0.15, 0.2) is 78.2 Å². The zero-order valence-corrected chi connectivity index (χ0v) is 20.3. The molecule has 1 fully saturated rings. The van der Waals surface area contributed by atoms with Gasteiger partial charge in [-0.25, -0.2) is 0 Å². The Morgan fingerprint density at radius 1 is 0.971 bits per heavy atom. The molecule has 0 aliphatic carbocycles. The van der Waals surface area contributed by atoms with E-state index in [4.69, 9.17) is 11.6 Å². The number of benzene rings is 2. The van der Waals surface area contributed by atoms with E-state index in [1.807, 2.05) is 77.1 Å². The summed E-state index contributed by atoms with van der Waals surface area (Å²) in [7, 11) is 0. The first-order valence-corrected chi connectivity index (χ1v) is 12.5. The van der Waals surface area contributed by atoms with Gasteiger partial charge in [-0.3, -0.25) is 14.3 Å². The lowest BCUT2D eigenvalue weighted by Gasteiger charge is -2.23. The minimum Gasteiger partial charge on any atom is -0.341 e. The first-order valence-electron chi connectivity index (χ1n) is 11.2. The van der Waals surface area contributed by atoms with Gasteiger partial charge >= 0.3 is 0 Å². The summed E-state index contributed by atoms with van der Waals surface area (Å²) in [6, 6.07) is 19.5. The van der Waals surface area contributed by atoms with E-state index < -0.39 is 5.25 Å². The van der Waals surface area contributed by atoms with Crippen molar-refractivity contribution in [2.45, 2.75) is 30.2 Å². The quantitative estimate of drug-likeness (QED) is 0.323. The lowest BCUT2D eigenvalue weighted by Crippen LogP contribution is -2.31. The van der Waals surface area contributed by atoms with Crippen molar-refractivity contribution in [2.24, 2.45) is 0 Å². The third kappa shape index (κ3) is 4.45. The maximum atomic E-state index is 13.6. The predicted molar refractivity (Wildman–Crippen MR) is 135 cm³/mol. The Bertz CT molecular complexity index is 1290. The first kappa shape index (κ1) is 22.6. The number of hydrogen-bond acceptors (Lipinski definition) is 5. The van der Waals surface area contributed by atoms with Crippen LogP contribution in [0.25, 0.3) is 17.1 Å². The molecule has 1 amide bonds. The Balaban J connectivity index is 1.63. The van der Waals surface area contributed by atoms with Crippen molar-refractivity contribution in [1.82, 2.24) is 24.6 Å². The fourth-order valence-corrected chi connectivity index (χ4v) is 5.49. The van der Waals surface area contributed by atoms with Crippen LogP contribution < -0.4 is 0 Å². The maximum absolute atomic E-state index is 13.6. The number of halogens is 1. The molecular formula is C26H24ClN5OS. The molecule has 1 aliphatic heterocycles. The Hall–Kier alpha value is -3.16. The number of rotatable bonds is 6. The number of nitrogens with zero attached hydrogens (tertiary/aromatic N) is 5. The number of likely N-dealkylation sites (tertiary alicyclic amines) is 1. The van der Waals surface area contributed by atoms with E-state index in [0.717, 1.165) is 48.3 Å². The largest absolute Gasteiger partial charge is 0.341 e. The van der Waals surface area contributed by atoms with Gasteiger partial charge in [0.1, 0.15) is 5.25 Å². The lowest BCUT2D eigenvalue weighted by atomic mass is 10.1. The van der Waals surface area contributed by atoms with Crippen molar-refractivity contribution in [3.8, 4) is 17.1 Å². The minimum absolute atomic E-state index is 0.108. The van der Waals surface area contributed by atoms with Gasteiger partial charge in [-0.15, -0.1) is 10.2 Å². The number of amides is 1. The molecule has 5 rings (SSSR count). The monoisotopic (exact) mass is 489 g/mol. The van der Waals surface area contributed by atoms with Crippen LogP contribution in [-0.4, -0.2) is 43.6 Å². The third-order valence-corrected chi connectivity index (χ3v) is 7.61. The van der Waals surface area contributed by atoms with Crippen LogP contribution >= 0.6 is 23.4 Å². The van der Waals surface area contributed by atoms with Crippen LogP contribution in [-0.2, 0) is 4.79 Å². The molecule has 1 aliphatic rings. The van der Waals surface area contributed by atoms with Gasteiger partial charge in [0.25, 0.3) is 0 Å². The second-order valence-corrected chi connectivity index (χ2v) is 9.68. The molecule has 0 N–H and O–H groups in total. The molecule has 3 heterocycles. The van der Waals surface area contributed by atoms with Crippen LogP contribution in [0.5, 0.6) is 0 Å². The number of carbonyl (C=O) groups excluding carboxylic acids is 1. The molecule has 2 aromatic carbocycles. The predicted octanol–water partition coefficient (Wildman–Crippen LogP) is 5.75. The zero-order chi connectivity index (χ0) is 23.5. The van der Waals surface area contributed by atoms with Crippen molar-refractivity contribution < 1.29 is 4.79 Å². The zero-order valence-electron chi connectivity index (χ0n) is 18.8. The number of aromatic nitrogens is 4. The van der Waals surface area contributed by atoms with Gasteiger partial charge in [0, 0.05) is 36.1 Å². The van der Waals surface area contributed by atoms with Gasteiger partial charge in [-0.1, -0.05) is 59.8 Å². The van der Waals surface area contributed by atoms with E-state index in [2.05, 4.69) is 15.2 Å². The maximum Gasteiger partial charge on any atom is 0.240 e. The van der Waals surface area contributed by atoms with Gasteiger partial charge in [0.2, 0.25) is 5.91 Å². The molecule has 1 saturated heterocycles. The summed E-state index contributed by atoms with van der Waals surface area (Å²) in [5.41, 5.74) is 3.64. The van der Waals surface area contributed by atoms with Gasteiger partial charge in [0.05, 0.1) is 5.69 Å². The van der Waals surface area contributed by atoms with Crippen LogP contribution in [0, 0.1) is 6.92 Å². The SMILES string of the molecule is Cc1c(Cl)cccc1-n1c(S[C@H](C(=O)N2CCCC2)c2ccccc2)nnc1-c1ccncc1. The minimum atomic E-state index is -0.424. The Labute approximate surface area is 208 Å². The summed E-state index contributed by atoms with van der Waals surface area (Å²) in [5.74, 6) is 0.784. The van der Waals surface area contributed by atoms with Crippen LogP contribution in [0.3, 0.4) is 0 Å². The topological polar surface area (TPSA) is 63.9 Å². The highest BCUT2D eigenvalue weighted by Gasteiger charge is 2.31. The molecule has 0 spiro atoms. The highest BCUT2D eigenvalue weighted by molar-refractivity contribution is 8.00. The molecular weight excluding hydrogens is 466 g/mol. The molecule has 0 unspecified atom stereocenters. The normalized spacial score (nSPS) is 14.4. The highest BCUT2D eigenvalue weighted by atomic mass is 35.5. The van der Waals surface area contributed by atoms with Gasteiger partial charge in [-0.2, -0.15) is 0 Å². The molecule has 34 heavy (non-hydrogen) atoms. The number of thioether (sulfide) groups is 1. The lowest BCUT2D eigenvalue weighted by molar-refractivity contribution is -0.129. The molecule has 0 bridgehead atoms. The van der Waals surface area contributed by atoms with E-state index >= 15 is 0 Å². The molecule has 8 heteroatoms. The van der Waals surface area contributed by atoms with Crippen LogP contribution in [0.4, 0.5) is 0 Å². The van der Waals surface area contributed by atoms with Crippen LogP contribution in [0.2, 0.25) is 5.02 Å². The van der Waals surface area contributed by atoms with E-state index in [0.29, 0.717) is 16.0 Å². The summed E-state index contributed by atoms with van der Waals surface area (Å²) in [5, 5.41) is 9.97. The van der Waals surface area contributed by atoms with Gasteiger partial charge < -0.3 is 4.90 Å². The molecule has 6 nitrogen and oxygen atoms in total. The summed E-state index contributed by atoms with van der Waals surface area (Å²) < 4.78 is 1.99. The fourth-order valence-electron chi connectivity index (χ4n) is 4.19. The van der Waals surface area contributed by atoms with Gasteiger partial charge in [-0.05, 0) is 55.2 Å². The smallest absolute Gasteiger partial charge is 0.240 e. The number of carbonyl (C=O) groups is 1. The highest BCUT2D eigenvalue weighted by Crippen LogP contribution is 2.40. The van der Waals surface area contributed by atoms with Crippen molar-refractivity contribution in [3.05, 3.63) is 89.2 Å². The summed E-state index contributed by atoms with van der Waals surface area (Å²) in [6.45, 7) is 3.57. The fraction of sp³-hybridized carbons (Fsp3) is 0.231. The van der Waals surface area contributed by atoms with Crippen molar-refractivity contribution in [1.29, 1.82) is 0 Å². The summed E-state index contributed by atoms with van der Waals surface area (Å²) >= 11 is 7.92. The molecule has 0 saturated carbocycles. The molecule has 2 aromatic heterocycles. The number of hydrogen-bond donors (Lipinski definition) is 0. The first-order chi connectivity index (χ1) is 16.6. The second kappa shape index (κ2) is 9.99. The van der Waals surface area contributed by atoms with Crippen LogP contribution in [0.1, 0.15) is 29.2 Å². The van der Waals surface area contributed by atoms with E-state index in [1.165, 1.54) is 11.8 Å². The third-order valence-electron chi connectivity index (χ3n) is 6.02. The van der Waals surface area contributed by atoms with E-state index in [-0.39, 0.29) is 5.91 Å². The Morgan fingerprint density at radius 2 is 1.71 bits per heavy atom. The van der Waals surface area contributed by atoms with Gasteiger partial charge in [0.15, 0.2) is 11.0 Å². The van der Waals surface area contributed by atoms with Crippen molar-refractivity contribution >= 4 is 29.3 Å². The Kier molecular flexibility index (Phi) is 6.65. The molecule has 172 valence electrons. The molecule has 0 radical (unpaired) electrons. The standard InChI is InChI=1S/C26H24ClN5OS/c1-18-21(27)10-7-11-22(18)32-24(20-12-14-28-15-13-20)29-30-26(32)34-23(19-8-3-2-4-9-19)25(33)31-16-5-6-17-31/h2-4,7-15,23H,5-6,16-17H2,1H3/t23-/m0/s1. The molecule has 1 atom stereocenters. The van der Waals surface area contributed by atoms with E-state index in [1.54, 1.807) is 12.4 Å². The molecule has 4 aromatic rings. The second-order valence-electron chi connectivity index (χ2n) is 8.20. The number of pyridine rings is 1.